The number of rotatable bonds is 3. The third-order valence-corrected chi connectivity index (χ3v) is 3.62. The average molecular weight is 299 g/mol. The summed E-state index contributed by atoms with van der Waals surface area (Å²) in [5.74, 6) is -0.495. The standard InChI is InChI=1S/C15H13N3O4/c1-22-15(19)13-9-11(4-6-16-13)17-7-5-10-8-12(18(20)21)2-3-14(10)17/h2-4,6,8-9H,5,7H2,1H3. The zero-order valence-electron chi connectivity index (χ0n) is 11.9. The van der Waals surface area contributed by atoms with Crippen LogP contribution >= 0.6 is 0 Å². The van der Waals surface area contributed by atoms with E-state index in [4.69, 9.17) is 0 Å². The summed E-state index contributed by atoms with van der Waals surface area (Å²) >= 11 is 0. The van der Waals surface area contributed by atoms with Crippen molar-refractivity contribution in [3.8, 4) is 0 Å². The molecule has 3 rings (SSSR count). The predicted octanol–water partition coefficient (Wildman–Crippen LogP) is 2.47. The van der Waals surface area contributed by atoms with Gasteiger partial charge in [0.25, 0.3) is 5.69 Å². The Hall–Kier alpha value is -2.96. The summed E-state index contributed by atoms with van der Waals surface area (Å²) in [6.45, 7) is 0.696. The first-order valence-corrected chi connectivity index (χ1v) is 6.69. The van der Waals surface area contributed by atoms with Crippen LogP contribution in [0.4, 0.5) is 17.1 Å². The van der Waals surface area contributed by atoms with Gasteiger partial charge in [0.15, 0.2) is 0 Å². The molecule has 2 aromatic rings. The molecule has 0 N–H and O–H groups in total. The lowest BCUT2D eigenvalue weighted by Gasteiger charge is -2.19. The van der Waals surface area contributed by atoms with E-state index in [-0.39, 0.29) is 11.4 Å². The number of nitro groups is 1. The van der Waals surface area contributed by atoms with Crippen LogP contribution in [0.2, 0.25) is 0 Å². The molecule has 0 fully saturated rings. The summed E-state index contributed by atoms with van der Waals surface area (Å²) in [5, 5.41) is 10.8. The maximum atomic E-state index is 11.6. The largest absolute Gasteiger partial charge is 0.464 e. The molecular weight excluding hydrogens is 286 g/mol. The fraction of sp³-hybridized carbons (Fsp3) is 0.200. The molecule has 1 aliphatic heterocycles. The van der Waals surface area contributed by atoms with E-state index in [2.05, 4.69) is 9.72 Å². The molecule has 7 heteroatoms. The molecule has 1 aromatic heterocycles. The van der Waals surface area contributed by atoms with Gasteiger partial charge in [-0.2, -0.15) is 0 Å². The van der Waals surface area contributed by atoms with Crippen LogP contribution in [0.1, 0.15) is 16.1 Å². The molecule has 2 heterocycles. The van der Waals surface area contributed by atoms with Crippen molar-refractivity contribution in [2.45, 2.75) is 6.42 Å². The number of anilines is 2. The maximum absolute atomic E-state index is 11.6. The van der Waals surface area contributed by atoms with Gasteiger partial charge in [-0.3, -0.25) is 10.1 Å². The lowest BCUT2D eigenvalue weighted by Crippen LogP contribution is -2.14. The number of carbonyl (C=O) groups excluding carboxylic acids is 1. The van der Waals surface area contributed by atoms with Gasteiger partial charge in [-0.25, -0.2) is 9.78 Å². The van der Waals surface area contributed by atoms with Gasteiger partial charge in [0.05, 0.1) is 12.0 Å². The normalized spacial score (nSPS) is 12.9. The number of esters is 1. The Morgan fingerprint density at radius 3 is 2.91 bits per heavy atom. The molecule has 0 saturated carbocycles. The minimum absolute atomic E-state index is 0.0885. The van der Waals surface area contributed by atoms with Crippen LogP contribution in [-0.4, -0.2) is 29.5 Å². The number of non-ortho nitro benzene ring substituents is 1. The highest BCUT2D eigenvalue weighted by molar-refractivity contribution is 5.88. The molecule has 7 nitrogen and oxygen atoms in total. The van der Waals surface area contributed by atoms with E-state index < -0.39 is 10.9 Å². The molecule has 22 heavy (non-hydrogen) atoms. The van der Waals surface area contributed by atoms with E-state index in [9.17, 15) is 14.9 Å². The third kappa shape index (κ3) is 2.37. The Bertz CT molecular complexity index is 760. The summed E-state index contributed by atoms with van der Waals surface area (Å²) in [6.07, 6.45) is 2.26. The number of carbonyl (C=O) groups is 1. The van der Waals surface area contributed by atoms with Crippen LogP contribution in [-0.2, 0) is 11.2 Å². The number of nitrogens with zero attached hydrogens (tertiary/aromatic N) is 3. The maximum Gasteiger partial charge on any atom is 0.356 e. The van der Waals surface area contributed by atoms with Crippen LogP contribution in [0.25, 0.3) is 0 Å². The van der Waals surface area contributed by atoms with E-state index >= 15 is 0 Å². The number of pyridine rings is 1. The number of benzene rings is 1. The van der Waals surface area contributed by atoms with Gasteiger partial charge in [0.1, 0.15) is 5.69 Å². The first-order chi connectivity index (χ1) is 10.6. The topological polar surface area (TPSA) is 85.6 Å². The first-order valence-electron chi connectivity index (χ1n) is 6.69. The van der Waals surface area contributed by atoms with Gasteiger partial charge in [0.2, 0.25) is 0 Å². The number of hydrogen-bond donors (Lipinski definition) is 0. The van der Waals surface area contributed by atoms with Crippen molar-refractivity contribution in [2.24, 2.45) is 0 Å². The Morgan fingerprint density at radius 2 is 2.18 bits per heavy atom. The fourth-order valence-electron chi connectivity index (χ4n) is 2.57. The quantitative estimate of drug-likeness (QED) is 0.491. The van der Waals surface area contributed by atoms with E-state index in [1.165, 1.54) is 13.2 Å². The second-order valence-corrected chi connectivity index (χ2v) is 4.86. The molecule has 1 aliphatic rings. The van der Waals surface area contributed by atoms with Gasteiger partial charge in [0, 0.05) is 36.2 Å². The Balaban J connectivity index is 1.96. The highest BCUT2D eigenvalue weighted by Crippen LogP contribution is 2.36. The molecule has 112 valence electrons. The molecule has 0 radical (unpaired) electrons. The summed E-state index contributed by atoms with van der Waals surface area (Å²) in [6, 6.07) is 8.27. The summed E-state index contributed by atoms with van der Waals surface area (Å²) in [5.41, 5.74) is 2.96. The zero-order chi connectivity index (χ0) is 15.7. The minimum atomic E-state index is -0.495. The number of methoxy groups -OCH3 is 1. The SMILES string of the molecule is COC(=O)c1cc(N2CCc3cc([N+](=O)[O-])ccc32)ccn1. The van der Waals surface area contributed by atoms with Crippen LogP contribution in [0.15, 0.2) is 36.5 Å². The first kappa shape index (κ1) is 14.0. The smallest absolute Gasteiger partial charge is 0.356 e. The molecule has 1 aromatic carbocycles. The average Bonchev–Trinajstić information content (AvgIpc) is 2.97. The second-order valence-electron chi connectivity index (χ2n) is 4.86. The molecule has 0 aliphatic carbocycles. The van der Waals surface area contributed by atoms with Gasteiger partial charge in [-0.05, 0) is 30.2 Å². The minimum Gasteiger partial charge on any atom is -0.464 e. The Kier molecular flexibility index (Phi) is 3.46. The summed E-state index contributed by atoms with van der Waals surface area (Å²) in [4.78, 5) is 28.0. The summed E-state index contributed by atoms with van der Waals surface area (Å²) < 4.78 is 4.67. The van der Waals surface area contributed by atoms with E-state index in [0.29, 0.717) is 13.0 Å². The van der Waals surface area contributed by atoms with Gasteiger partial charge in [-0.15, -0.1) is 0 Å². The zero-order valence-corrected chi connectivity index (χ0v) is 11.9. The van der Waals surface area contributed by atoms with Crippen molar-refractivity contribution < 1.29 is 14.5 Å². The molecule has 0 unspecified atom stereocenters. The van der Waals surface area contributed by atoms with E-state index in [1.807, 2.05) is 4.90 Å². The highest BCUT2D eigenvalue weighted by atomic mass is 16.6. The second kappa shape index (κ2) is 5.44. The van der Waals surface area contributed by atoms with Crippen molar-refractivity contribution in [1.29, 1.82) is 0 Å². The van der Waals surface area contributed by atoms with Crippen molar-refractivity contribution in [2.75, 3.05) is 18.6 Å². The fourth-order valence-corrected chi connectivity index (χ4v) is 2.57. The molecule has 0 amide bonds. The van der Waals surface area contributed by atoms with Crippen LogP contribution in [0, 0.1) is 10.1 Å². The van der Waals surface area contributed by atoms with Crippen LogP contribution < -0.4 is 4.90 Å². The summed E-state index contributed by atoms with van der Waals surface area (Å²) in [7, 11) is 1.31. The van der Waals surface area contributed by atoms with Crippen LogP contribution in [0.5, 0.6) is 0 Å². The van der Waals surface area contributed by atoms with Gasteiger partial charge >= 0.3 is 5.97 Å². The monoisotopic (exact) mass is 299 g/mol. The number of ether oxygens (including phenoxy) is 1. The predicted molar refractivity (Wildman–Crippen MR) is 79.4 cm³/mol. The number of fused-ring (bicyclic) bond motifs is 1. The van der Waals surface area contributed by atoms with Crippen molar-refractivity contribution >= 4 is 23.0 Å². The van der Waals surface area contributed by atoms with E-state index in [0.717, 1.165) is 16.9 Å². The molecule has 0 atom stereocenters. The number of aromatic nitrogens is 1. The molecular formula is C15H13N3O4. The molecule has 0 spiro atoms. The third-order valence-electron chi connectivity index (χ3n) is 3.62. The van der Waals surface area contributed by atoms with Crippen molar-refractivity contribution in [1.82, 2.24) is 4.98 Å². The van der Waals surface area contributed by atoms with Crippen molar-refractivity contribution in [3.63, 3.8) is 0 Å². The molecule has 0 saturated heterocycles. The number of hydrogen-bond acceptors (Lipinski definition) is 6. The van der Waals surface area contributed by atoms with Crippen molar-refractivity contribution in [3.05, 3.63) is 57.9 Å². The lowest BCUT2D eigenvalue weighted by atomic mass is 10.1. The Morgan fingerprint density at radius 1 is 1.36 bits per heavy atom. The number of nitro benzene ring substituents is 1. The van der Waals surface area contributed by atoms with Gasteiger partial charge in [-0.1, -0.05) is 0 Å². The lowest BCUT2D eigenvalue weighted by molar-refractivity contribution is -0.384. The highest BCUT2D eigenvalue weighted by Gasteiger charge is 2.23. The molecule has 0 bridgehead atoms. The van der Waals surface area contributed by atoms with Gasteiger partial charge < -0.3 is 9.64 Å². The Labute approximate surface area is 126 Å². The van der Waals surface area contributed by atoms with E-state index in [1.54, 1.807) is 30.5 Å². The van der Waals surface area contributed by atoms with Crippen LogP contribution in [0.3, 0.4) is 0 Å².